The standard InChI is InChI=1S/C13H27NS/c1-4-15-10-12(3)14-13-7-5-6-11(2)8-9-13/h11-14H,4-10H2,1-3H3. The van der Waals surface area contributed by atoms with Crippen molar-refractivity contribution in [3.8, 4) is 0 Å². The third-order valence-electron chi connectivity index (χ3n) is 3.35. The Hall–Kier alpha value is 0.310. The smallest absolute Gasteiger partial charge is 0.0132 e. The van der Waals surface area contributed by atoms with Gasteiger partial charge in [-0.25, -0.2) is 0 Å². The topological polar surface area (TPSA) is 12.0 Å². The highest BCUT2D eigenvalue weighted by Gasteiger charge is 2.17. The van der Waals surface area contributed by atoms with E-state index < -0.39 is 0 Å². The van der Waals surface area contributed by atoms with Gasteiger partial charge in [-0.15, -0.1) is 0 Å². The maximum Gasteiger partial charge on any atom is 0.0132 e. The molecule has 1 N–H and O–H groups in total. The molecule has 1 aliphatic carbocycles. The minimum Gasteiger partial charge on any atom is -0.311 e. The van der Waals surface area contributed by atoms with Crippen LogP contribution < -0.4 is 5.32 Å². The molecule has 90 valence electrons. The first kappa shape index (κ1) is 13.4. The molecule has 1 nitrogen and oxygen atoms in total. The number of nitrogens with one attached hydrogen (secondary N) is 1. The molecule has 1 fully saturated rings. The molecule has 0 aromatic rings. The van der Waals surface area contributed by atoms with Gasteiger partial charge in [-0.05, 0) is 37.9 Å². The average Bonchev–Trinajstić information content (AvgIpc) is 2.41. The van der Waals surface area contributed by atoms with Gasteiger partial charge in [-0.1, -0.05) is 26.7 Å². The lowest BCUT2D eigenvalue weighted by molar-refractivity contribution is 0.418. The lowest BCUT2D eigenvalue weighted by atomic mass is 10.0. The van der Waals surface area contributed by atoms with Crippen molar-refractivity contribution in [1.29, 1.82) is 0 Å². The maximum atomic E-state index is 3.79. The molecule has 0 bridgehead atoms. The first-order valence-electron chi connectivity index (χ1n) is 6.56. The Bertz CT molecular complexity index is 161. The number of rotatable bonds is 5. The zero-order valence-corrected chi connectivity index (χ0v) is 11.4. The first-order valence-corrected chi connectivity index (χ1v) is 7.71. The second kappa shape index (κ2) is 7.56. The van der Waals surface area contributed by atoms with Crippen molar-refractivity contribution < 1.29 is 0 Å². The Morgan fingerprint density at radius 2 is 2.07 bits per heavy atom. The van der Waals surface area contributed by atoms with E-state index in [1.807, 2.05) is 11.8 Å². The Morgan fingerprint density at radius 3 is 2.80 bits per heavy atom. The summed E-state index contributed by atoms with van der Waals surface area (Å²) in [6.07, 6.45) is 7.07. The summed E-state index contributed by atoms with van der Waals surface area (Å²) in [6.45, 7) is 6.97. The zero-order valence-electron chi connectivity index (χ0n) is 10.6. The second-order valence-electron chi connectivity index (χ2n) is 5.04. The monoisotopic (exact) mass is 229 g/mol. The molecular formula is C13H27NS. The van der Waals surface area contributed by atoms with Gasteiger partial charge < -0.3 is 5.32 Å². The van der Waals surface area contributed by atoms with E-state index in [-0.39, 0.29) is 0 Å². The molecule has 0 amide bonds. The van der Waals surface area contributed by atoms with Crippen molar-refractivity contribution in [3.05, 3.63) is 0 Å². The molecule has 0 radical (unpaired) electrons. The summed E-state index contributed by atoms with van der Waals surface area (Å²) in [4.78, 5) is 0. The van der Waals surface area contributed by atoms with E-state index in [9.17, 15) is 0 Å². The van der Waals surface area contributed by atoms with Crippen LogP contribution in [0.3, 0.4) is 0 Å². The molecule has 2 heteroatoms. The van der Waals surface area contributed by atoms with Gasteiger partial charge in [-0.3, -0.25) is 0 Å². The summed E-state index contributed by atoms with van der Waals surface area (Å²) >= 11 is 2.05. The van der Waals surface area contributed by atoms with Crippen LogP contribution in [0.1, 0.15) is 52.9 Å². The van der Waals surface area contributed by atoms with Gasteiger partial charge in [0, 0.05) is 17.8 Å². The van der Waals surface area contributed by atoms with Crippen molar-refractivity contribution in [2.24, 2.45) is 5.92 Å². The van der Waals surface area contributed by atoms with Crippen molar-refractivity contribution in [1.82, 2.24) is 5.32 Å². The van der Waals surface area contributed by atoms with Crippen LogP contribution in [0, 0.1) is 5.92 Å². The van der Waals surface area contributed by atoms with Crippen molar-refractivity contribution in [2.75, 3.05) is 11.5 Å². The Kier molecular flexibility index (Phi) is 6.74. The summed E-state index contributed by atoms with van der Waals surface area (Å²) in [5.41, 5.74) is 0. The van der Waals surface area contributed by atoms with Gasteiger partial charge in [0.05, 0.1) is 0 Å². The summed E-state index contributed by atoms with van der Waals surface area (Å²) in [7, 11) is 0. The van der Waals surface area contributed by atoms with Crippen LogP contribution in [0.5, 0.6) is 0 Å². The highest BCUT2D eigenvalue weighted by atomic mass is 32.2. The van der Waals surface area contributed by atoms with Crippen LogP contribution in [-0.2, 0) is 0 Å². The Balaban J connectivity index is 2.18. The summed E-state index contributed by atoms with van der Waals surface area (Å²) in [5, 5.41) is 3.79. The fraction of sp³-hybridized carbons (Fsp3) is 1.00. The normalized spacial score (nSPS) is 29.8. The van der Waals surface area contributed by atoms with E-state index in [1.54, 1.807) is 0 Å². The van der Waals surface area contributed by atoms with E-state index in [0.717, 1.165) is 12.0 Å². The first-order chi connectivity index (χ1) is 7.22. The third-order valence-corrected chi connectivity index (χ3v) is 4.49. The summed E-state index contributed by atoms with van der Waals surface area (Å²) < 4.78 is 0. The zero-order chi connectivity index (χ0) is 11.1. The van der Waals surface area contributed by atoms with Crippen LogP contribution in [0.4, 0.5) is 0 Å². The lowest BCUT2D eigenvalue weighted by Crippen LogP contribution is -2.37. The van der Waals surface area contributed by atoms with E-state index in [2.05, 4.69) is 26.1 Å². The Labute approximate surface area is 99.8 Å². The quantitative estimate of drug-likeness (QED) is 0.722. The molecule has 0 aromatic heterocycles. The highest BCUT2D eigenvalue weighted by Crippen LogP contribution is 2.23. The van der Waals surface area contributed by atoms with E-state index >= 15 is 0 Å². The van der Waals surface area contributed by atoms with Crippen LogP contribution >= 0.6 is 11.8 Å². The number of hydrogen-bond donors (Lipinski definition) is 1. The number of thioether (sulfide) groups is 1. The fourth-order valence-electron chi connectivity index (χ4n) is 2.40. The molecule has 0 heterocycles. The van der Waals surface area contributed by atoms with Crippen LogP contribution in [0.25, 0.3) is 0 Å². The van der Waals surface area contributed by atoms with Gasteiger partial charge in [0.15, 0.2) is 0 Å². The molecule has 3 atom stereocenters. The highest BCUT2D eigenvalue weighted by molar-refractivity contribution is 7.99. The summed E-state index contributed by atoms with van der Waals surface area (Å²) in [5.74, 6) is 3.47. The van der Waals surface area contributed by atoms with Crippen molar-refractivity contribution in [2.45, 2.75) is 65.0 Å². The molecule has 0 aliphatic heterocycles. The molecule has 15 heavy (non-hydrogen) atoms. The van der Waals surface area contributed by atoms with Gasteiger partial charge in [0.1, 0.15) is 0 Å². The van der Waals surface area contributed by atoms with Crippen LogP contribution in [0.15, 0.2) is 0 Å². The molecule has 3 unspecified atom stereocenters. The molecule has 1 aliphatic rings. The van der Waals surface area contributed by atoms with Gasteiger partial charge in [0.2, 0.25) is 0 Å². The van der Waals surface area contributed by atoms with Gasteiger partial charge >= 0.3 is 0 Å². The molecule has 0 aromatic carbocycles. The maximum absolute atomic E-state index is 3.79. The van der Waals surface area contributed by atoms with Crippen molar-refractivity contribution >= 4 is 11.8 Å². The molecular weight excluding hydrogens is 202 g/mol. The molecule has 1 saturated carbocycles. The van der Waals surface area contributed by atoms with Crippen LogP contribution in [0.2, 0.25) is 0 Å². The molecule has 1 rings (SSSR count). The lowest BCUT2D eigenvalue weighted by Gasteiger charge is -2.21. The largest absolute Gasteiger partial charge is 0.311 e. The molecule has 0 saturated heterocycles. The number of hydrogen-bond acceptors (Lipinski definition) is 2. The predicted molar refractivity (Wildman–Crippen MR) is 71.6 cm³/mol. The minimum atomic E-state index is 0.688. The third kappa shape index (κ3) is 5.82. The second-order valence-corrected chi connectivity index (χ2v) is 6.36. The molecule has 0 spiro atoms. The predicted octanol–water partition coefficient (Wildman–Crippen LogP) is 3.69. The van der Waals surface area contributed by atoms with Gasteiger partial charge in [0.25, 0.3) is 0 Å². The fourth-order valence-corrected chi connectivity index (χ4v) is 3.08. The Morgan fingerprint density at radius 1 is 1.27 bits per heavy atom. The minimum absolute atomic E-state index is 0.688. The summed E-state index contributed by atoms with van der Waals surface area (Å²) in [6, 6.07) is 1.48. The van der Waals surface area contributed by atoms with E-state index in [0.29, 0.717) is 6.04 Å². The van der Waals surface area contributed by atoms with E-state index in [1.165, 1.54) is 43.6 Å². The average molecular weight is 229 g/mol. The van der Waals surface area contributed by atoms with E-state index in [4.69, 9.17) is 0 Å². The SMILES string of the molecule is CCSCC(C)NC1CCCC(C)CC1. The van der Waals surface area contributed by atoms with Gasteiger partial charge in [-0.2, -0.15) is 11.8 Å². The van der Waals surface area contributed by atoms with Crippen LogP contribution in [-0.4, -0.2) is 23.6 Å². The van der Waals surface area contributed by atoms with Crippen molar-refractivity contribution in [3.63, 3.8) is 0 Å².